The largest absolute Gasteiger partial charge is 0.486 e. The summed E-state index contributed by atoms with van der Waals surface area (Å²) in [7, 11) is 1.58. The molecule has 2 amide bonds. The van der Waals surface area contributed by atoms with Crippen LogP contribution in [0.4, 0.5) is 15.1 Å². The molecule has 1 aliphatic heterocycles. The summed E-state index contributed by atoms with van der Waals surface area (Å²) >= 11 is 2.95. The van der Waals surface area contributed by atoms with Crippen LogP contribution in [0.2, 0.25) is 0 Å². The lowest BCUT2D eigenvalue weighted by atomic mass is 10.1. The summed E-state index contributed by atoms with van der Waals surface area (Å²) in [6, 6.07) is -0.0391. The number of aromatic nitrogens is 2. The van der Waals surface area contributed by atoms with Gasteiger partial charge in [-0.2, -0.15) is 0 Å². The van der Waals surface area contributed by atoms with E-state index in [4.69, 9.17) is 4.74 Å². The van der Waals surface area contributed by atoms with Crippen LogP contribution in [0, 0.1) is 0 Å². The normalized spacial score (nSPS) is 15.6. The van der Waals surface area contributed by atoms with Gasteiger partial charge in [0, 0.05) is 30.7 Å². The molecule has 0 saturated carbocycles. The standard InChI is InChI=1S/C13H17N5O2S2/c1-20-10-8-15-12(22-10)17-11(19)16-9-2-5-18(6-3-9)13-14-4-7-21-13/h4,7-9H,2-3,5-6H2,1H3,(H2,15,16,17,19). The minimum atomic E-state index is -0.218. The van der Waals surface area contributed by atoms with Crippen molar-refractivity contribution in [2.24, 2.45) is 0 Å². The number of methoxy groups -OCH3 is 1. The number of thiazole rings is 2. The average Bonchev–Trinajstić information content (AvgIpc) is 3.19. The molecule has 0 aliphatic carbocycles. The van der Waals surface area contributed by atoms with Gasteiger partial charge in [-0.25, -0.2) is 14.8 Å². The van der Waals surface area contributed by atoms with Crippen molar-refractivity contribution in [3.63, 3.8) is 0 Å². The van der Waals surface area contributed by atoms with Gasteiger partial charge in [-0.1, -0.05) is 11.3 Å². The smallest absolute Gasteiger partial charge is 0.321 e. The molecular weight excluding hydrogens is 322 g/mol. The predicted octanol–water partition coefficient (Wildman–Crippen LogP) is 2.40. The predicted molar refractivity (Wildman–Crippen MR) is 88.2 cm³/mol. The first-order valence-corrected chi connectivity index (χ1v) is 8.66. The highest BCUT2D eigenvalue weighted by atomic mass is 32.1. The number of piperidine rings is 1. The van der Waals surface area contributed by atoms with Gasteiger partial charge in [0.05, 0.1) is 13.3 Å². The van der Waals surface area contributed by atoms with Crippen LogP contribution in [0.3, 0.4) is 0 Å². The maximum atomic E-state index is 12.0. The number of anilines is 2. The molecule has 22 heavy (non-hydrogen) atoms. The Balaban J connectivity index is 1.45. The molecule has 7 nitrogen and oxygen atoms in total. The molecule has 0 spiro atoms. The van der Waals surface area contributed by atoms with Gasteiger partial charge in [0.15, 0.2) is 15.3 Å². The topological polar surface area (TPSA) is 79.4 Å². The molecule has 118 valence electrons. The van der Waals surface area contributed by atoms with Crippen molar-refractivity contribution in [1.29, 1.82) is 0 Å². The van der Waals surface area contributed by atoms with E-state index in [1.807, 2.05) is 11.6 Å². The summed E-state index contributed by atoms with van der Waals surface area (Å²) in [5, 5.41) is 9.97. The van der Waals surface area contributed by atoms with Crippen molar-refractivity contribution in [1.82, 2.24) is 15.3 Å². The first-order valence-electron chi connectivity index (χ1n) is 6.96. The maximum Gasteiger partial charge on any atom is 0.321 e. The van der Waals surface area contributed by atoms with Crippen LogP contribution in [0.15, 0.2) is 17.8 Å². The number of ether oxygens (including phenoxy) is 1. The Bertz CT molecular complexity index is 608. The molecular formula is C13H17N5O2S2. The molecule has 3 heterocycles. The lowest BCUT2D eigenvalue weighted by molar-refractivity contribution is 0.246. The zero-order valence-corrected chi connectivity index (χ0v) is 13.7. The summed E-state index contributed by atoms with van der Waals surface area (Å²) in [5.41, 5.74) is 0. The van der Waals surface area contributed by atoms with E-state index in [1.54, 1.807) is 24.6 Å². The third-order valence-electron chi connectivity index (χ3n) is 3.43. The molecule has 1 aliphatic rings. The minimum absolute atomic E-state index is 0.179. The maximum absolute atomic E-state index is 12.0. The number of urea groups is 1. The Kier molecular flexibility index (Phi) is 4.74. The van der Waals surface area contributed by atoms with E-state index in [0.717, 1.165) is 31.1 Å². The van der Waals surface area contributed by atoms with Gasteiger partial charge >= 0.3 is 6.03 Å². The summed E-state index contributed by atoms with van der Waals surface area (Å²) in [5.74, 6) is 0. The number of carbonyl (C=O) groups is 1. The van der Waals surface area contributed by atoms with Crippen LogP contribution in [0.5, 0.6) is 5.06 Å². The lowest BCUT2D eigenvalue weighted by Crippen LogP contribution is -2.46. The summed E-state index contributed by atoms with van der Waals surface area (Å²) < 4.78 is 5.05. The van der Waals surface area contributed by atoms with Crippen LogP contribution in [0.1, 0.15) is 12.8 Å². The first kappa shape index (κ1) is 15.0. The van der Waals surface area contributed by atoms with E-state index in [9.17, 15) is 4.79 Å². The fourth-order valence-corrected chi connectivity index (χ4v) is 3.64. The van der Waals surface area contributed by atoms with Crippen LogP contribution in [-0.2, 0) is 0 Å². The second kappa shape index (κ2) is 6.93. The minimum Gasteiger partial charge on any atom is -0.486 e. The van der Waals surface area contributed by atoms with Gasteiger partial charge in [0.25, 0.3) is 0 Å². The zero-order chi connectivity index (χ0) is 15.4. The van der Waals surface area contributed by atoms with Crippen molar-refractivity contribution < 1.29 is 9.53 Å². The first-order chi connectivity index (χ1) is 10.7. The van der Waals surface area contributed by atoms with Crippen molar-refractivity contribution in [3.05, 3.63) is 17.8 Å². The van der Waals surface area contributed by atoms with Crippen LogP contribution in [-0.4, -0.2) is 42.2 Å². The van der Waals surface area contributed by atoms with Crippen LogP contribution < -0.4 is 20.3 Å². The zero-order valence-electron chi connectivity index (χ0n) is 12.1. The molecule has 0 radical (unpaired) electrons. The Morgan fingerprint density at radius 2 is 2.23 bits per heavy atom. The fraction of sp³-hybridized carbons (Fsp3) is 0.462. The Morgan fingerprint density at radius 3 is 2.86 bits per heavy atom. The Morgan fingerprint density at radius 1 is 1.41 bits per heavy atom. The summed E-state index contributed by atoms with van der Waals surface area (Å²) in [6.45, 7) is 1.81. The number of rotatable bonds is 4. The molecule has 2 aromatic heterocycles. The summed E-state index contributed by atoms with van der Waals surface area (Å²) in [4.78, 5) is 22.6. The third-order valence-corrected chi connectivity index (χ3v) is 5.13. The number of carbonyl (C=O) groups excluding carboxylic acids is 1. The molecule has 2 N–H and O–H groups in total. The molecule has 0 unspecified atom stereocenters. The van der Waals surface area contributed by atoms with Gasteiger partial charge in [-0.15, -0.1) is 11.3 Å². The molecule has 3 rings (SSSR count). The molecule has 1 saturated heterocycles. The highest BCUT2D eigenvalue weighted by Crippen LogP contribution is 2.25. The number of hydrogen-bond donors (Lipinski definition) is 2. The van der Waals surface area contributed by atoms with E-state index < -0.39 is 0 Å². The number of nitrogens with one attached hydrogen (secondary N) is 2. The van der Waals surface area contributed by atoms with Gasteiger partial charge < -0.3 is 15.0 Å². The lowest BCUT2D eigenvalue weighted by Gasteiger charge is -2.32. The van der Waals surface area contributed by atoms with Gasteiger partial charge in [0.1, 0.15) is 0 Å². The van der Waals surface area contributed by atoms with E-state index in [0.29, 0.717) is 10.2 Å². The molecule has 0 atom stereocenters. The van der Waals surface area contributed by atoms with Gasteiger partial charge in [-0.05, 0) is 12.8 Å². The van der Waals surface area contributed by atoms with Gasteiger partial charge in [-0.3, -0.25) is 5.32 Å². The Labute approximate surface area is 136 Å². The molecule has 1 fully saturated rings. The van der Waals surface area contributed by atoms with Crippen molar-refractivity contribution >= 4 is 39.0 Å². The quantitative estimate of drug-likeness (QED) is 0.894. The van der Waals surface area contributed by atoms with E-state index in [2.05, 4.69) is 25.5 Å². The van der Waals surface area contributed by atoms with E-state index in [-0.39, 0.29) is 12.1 Å². The van der Waals surface area contributed by atoms with Crippen LogP contribution >= 0.6 is 22.7 Å². The van der Waals surface area contributed by atoms with Crippen molar-refractivity contribution in [2.75, 3.05) is 30.4 Å². The van der Waals surface area contributed by atoms with E-state index >= 15 is 0 Å². The summed E-state index contributed by atoms with van der Waals surface area (Å²) in [6.07, 6.45) is 5.23. The van der Waals surface area contributed by atoms with Crippen molar-refractivity contribution in [2.45, 2.75) is 18.9 Å². The van der Waals surface area contributed by atoms with Crippen LogP contribution in [0.25, 0.3) is 0 Å². The fourth-order valence-electron chi connectivity index (χ4n) is 2.32. The molecule has 0 aromatic carbocycles. The number of amides is 2. The monoisotopic (exact) mass is 339 g/mol. The second-order valence-electron chi connectivity index (χ2n) is 4.86. The van der Waals surface area contributed by atoms with Gasteiger partial charge in [0.2, 0.25) is 0 Å². The Hall–Kier alpha value is -1.87. The second-order valence-corrected chi connectivity index (χ2v) is 6.73. The van der Waals surface area contributed by atoms with Crippen molar-refractivity contribution in [3.8, 4) is 5.06 Å². The molecule has 0 bridgehead atoms. The molecule has 2 aromatic rings. The number of hydrogen-bond acceptors (Lipinski definition) is 7. The number of nitrogens with zero attached hydrogens (tertiary/aromatic N) is 3. The SMILES string of the molecule is COc1cnc(NC(=O)NC2CCN(c3nccs3)CC2)s1. The average molecular weight is 339 g/mol. The highest BCUT2D eigenvalue weighted by molar-refractivity contribution is 7.17. The highest BCUT2D eigenvalue weighted by Gasteiger charge is 2.22. The van der Waals surface area contributed by atoms with E-state index in [1.165, 1.54) is 11.3 Å². The molecule has 9 heteroatoms. The third kappa shape index (κ3) is 3.66.